The lowest BCUT2D eigenvalue weighted by molar-refractivity contribution is -0.116. The molecular formula is C13H12N4O. The first-order chi connectivity index (χ1) is 8.79. The van der Waals surface area contributed by atoms with Gasteiger partial charge in [-0.05, 0) is 12.1 Å². The number of hydrogen-bond acceptors (Lipinski definition) is 3. The number of aryl methyl sites for hydroxylation is 1. The normalized spacial score (nSPS) is 9.72. The molecule has 0 aliphatic heterocycles. The van der Waals surface area contributed by atoms with E-state index in [0.29, 0.717) is 24.2 Å². The molecule has 0 saturated heterocycles. The lowest BCUT2D eigenvalue weighted by Crippen LogP contribution is -2.14. The lowest BCUT2D eigenvalue weighted by Gasteiger charge is -2.06. The van der Waals surface area contributed by atoms with Crippen molar-refractivity contribution in [2.24, 2.45) is 0 Å². The van der Waals surface area contributed by atoms with Crippen LogP contribution in [0.25, 0.3) is 0 Å². The Bertz CT molecular complexity index is 569. The Morgan fingerprint density at radius 3 is 3.00 bits per heavy atom. The van der Waals surface area contributed by atoms with Gasteiger partial charge in [-0.1, -0.05) is 12.1 Å². The molecule has 1 heterocycles. The molecule has 1 aromatic carbocycles. The fourth-order valence-corrected chi connectivity index (χ4v) is 1.55. The zero-order valence-electron chi connectivity index (χ0n) is 9.71. The number of amides is 1. The number of aromatic nitrogens is 2. The van der Waals surface area contributed by atoms with E-state index in [1.165, 1.54) is 0 Å². The van der Waals surface area contributed by atoms with Crippen molar-refractivity contribution in [1.29, 1.82) is 5.26 Å². The molecule has 0 saturated carbocycles. The van der Waals surface area contributed by atoms with E-state index in [0.717, 1.165) is 0 Å². The van der Waals surface area contributed by atoms with Crippen LogP contribution in [-0.4, -0.2) is 15.5 Å². The van der Waals surface area contributed by atoms with Gasteiger partial charge >= 0.3 is 0 Å². The molecule has 5 heteroatoms. The number of rotatable bonds is 4. The Labute approximate surface area is 105 Å². The number of carbonyl (C=O) groups is 1. The number of benzene rings is 1. The summed E-state index contributed by atoms with van der Waals surface area (Å²) < 4.78 is 1.83. The first-order valence-electron chi connectivity index (χ1n) is 5.54. The zero-order valence-corrected chi connectivity index (χ0v) is 9.71. The number of nitrogens with one attached hydrogen (secondary N) is 1. The van der Waals surface area contributed by atoms with Crippen molar-refractivity contribution in [2.75, 3.05) is 5.32 Å². The molecule has 90 valence electrons. The van der Waals surface area contributed by atoms with Gasteiger partial charge in [0.25, 0.3) is 0 Å². The molecule has 5 nitrogen and oxygen atoms in total. The van der Waals surface area contributed by atoms with Crippen LogP contribution in [0.2, 0.25) is 0 Å². The van der Waals surface area contributed by atoms with E-state index in [1.807, 2.05) is 10.6 Å². The third-order valence-electron chi connectivity index (χ3n) is 2.48. The molecule has 1 amide bonds. The summed E-state index contributed by atoms with van der Waals surface area (Å²) in [6.45, 7) is 0.570. The number of carbonyl (C=O) groups excluding carboxylic acids is 1. The van der Waals surface area contributed by atoms with Crippen molar-refractivity contribution in [2.45, 2.75) is 13.0 Å². The minimum absolute atomic E-state index is 0.119. The molecule has 0 unspecified atom stereocenters. The second-order valence-corrected chi connectivity index (χ2v) is 3.76. The highest BCUT2D eigenvalue weighted by Crippen LogP contribution is 2.13. The van der Waals surface area contributed by atoms with Crippen molar-refractivity contribution < 1.29 is 4.79 Å². The molecule has 18 heavy (non-hydrogen) atoms. The van der Waals surface area contributed by atoms with Crippen LogP contribution in [0.4, 0.5) is 5.69 Å². The van der Waals surface area contributed by atoms with Crippen molar-refractivity contribution in [3.05, 3.63) is 48.5 Å². The fourth-order valence-electron chi connectivity index (χ4n) is 1.55. The maximum Gasteiger partial charge on any atom is 0.226 e. The van der Waals surface area contributed by atoms with Crippen LogP contribution in [-0.2, 0) is 11.3 Å². The van der Waals surface area contributed by atoms with Crippen LogP contribution in [0, 0.1) is 11.3 Å². The third kappa shape index (κ3) is 2.95. The Hall–Kier alpha value is -2.61. The minimum atomic E-state index is -0.119. The van der Waals surface area contributed by atoms with Crippen LogP contribution in [0.5, 0.6) is 0 Å². The monoisotopic (exact) mass is 240 g/mol. The Morgan fingerprint density at radius 2 is 2.28 bits per heavy atom. The Morgan fingerprint density at radius 1 is 1.44 bits per heavy atom. The van der Waals surface area contributed by atoms with Crippen LogP contribution >= 0.6 is 0 Å². The van der Waals surface area contributed by atoms with E-state index < -0.39 is 0 Å². The van der Waals surface area contributed by atoms with E-state index in [2.05, 4.69) is 10.3 Å². The second-order valence-electron chi connectivity index (χ2n) is 3.76. The molecule has 1 N–H and O–H groups in total. The topological polar surface area (TPSA) is 70.7 Å². The maximum absolute atomic E-state index is 11.7. The first-order valence-corrected chi connectivity index (χ1v) is 5.54. The Balaban J connectivity index is 1.93. The minimum Gasteiger partial charge on any atom is -0.337 e. The Kier molecular flexibility index (Phi) is 3.72. The average Bonchev–Trinajstić information content (AvgIpc) is 2.90. The molecule has 0 atom stereocenters. The fraction of sp³-hybridized carbons (Fsp3) is 0.154. The van der Waals surface area contributed by atoms with Crippen molar-refractivity contribution >= 4 is 11.6 Å². The van der Waals surface area contributed by atoms with Gasteiger partial charge in [0.05, 0.1) is 17.6 Å². The largest absolute Gasteiger partial charge is 0.337 e. The number of nitrogens with zero attached hydrogens (tertiary/aromatic N) is 3. The molecule has 1 aromatic heterocycles. The standard InChI is InChI=1S/C13H12N4O/c14-9-11-3-1-2-4-12(11)16-13(18)5-7-17-8-6-15-10-17/h1-4,6,8,10H,5,7H2,(H,16,18). The summed E-state index contributed by atoms with van der Waals surface area (Å²) in [6.07, 6.45) is 5.48. The number of hydrogen-bond donors (Lipinski definition) is 1. The van der Waals surface area contributed by atoms with E-state index in [1.54, 1.807) is 43.0 Å². The molecule has 0 aliphatic rings. The van der Waals surface area contributed by atoms with Gasteiger partial charge in [0.1, 0.15) is 6.07 Å². The summed E-state index contributed by atoms with van der Waals surface area (Å²) in [5.41, 5.74) is 1.02. The highest BCUT2D eigenvalue weighted by molar-refractivity contribution is 5.91. The van der Waals surface area contributed by atoms with Crippen molar-refractivity contribution in [1.82, 2.24) is 9.55 Å². The third-order valence-corrected chi connectivity index (χ3v) is 2.48. The molecule has 0 bridgehead atoms. The van der Waals surface area contributed by atoms with Gasteiger partial charge in [-0.25, -0.2) is 4.98 Å². The summed E-state index contributed by atoms with van der Waals surface area (Å²) in [4.78, 5) is 15.6. The van der Waals surface area contributed by atoms with Crippen LogP contribution < -0.4 is 5.32 Å². The summed E-state index contributed by atoms with van der Waals surface area (Å²) in [6, 6.07) is 8.98. The zero-order chi connectivity index (χ0) is 12.8. The molecule has 2 rings (SSSR count). The van der Waals surface area contributed by atoms with Gasteiger partial charge in [-0.2, -0.15) is 5.26 Å². The SMILES string of the molecule is N#Cc1ccccc1NC(=O)CCn1ccnc1. The van der Waals surface area contributed by atoms with Crippen molar-refractivity contribution in [3.8, 4) is 6.07 Å². The van der Waals surface area contributed by atoms with Gasteiger partial charge in [0.15, 0.2) is 0 Å². The van der Waals surface area contributed by atoms with E-state index >= 15 is 0 Å². The average molecular weight is 240 g/mol. The van der Waals surface area contributed by atoms with E-state index in [9.17, 15) is 4.79 Å². The molecule has 2 aromatic rings. The highest BCUT2D eigenvalue weighted by atomic mass is 16.1. The molecule has 0 spiro atoms. The summed E-state index contributed by atoms with van der Waals surface area (Å²) in [5.74, 6) is -0.119. The molecular weight excluding hydrogens is 228 g/mol. The summed E-state index contributed by atoms with van der Waals surface area (Å²) >= 11 is 0. The van der Waals surface area contributed by atoms with E-state index in [4.69, 9.17) is 5.26 Å². The predicted molar refractivity (Wildman–Crippen MR) is 66.6 cm³/mol. The van der Waals surface area contributed by atoms with Crippen molar-refractivity contribution in [3.63, 3.8) is 0 Å². The van der Waals surface area contributed by atoms with Gasteiger partial charge in [0, 0.05) is 25.4 Å². The second kappa shape index (κ2) is 5.64. The van der Waals surface area contributed by atoms with Crippen LogP contribution in [0.15, 0.2) is 43.0 Å². The quantitative estimate of drug-likeness (QED) is 0.885. The van der Waals surface area contributed by atoms with Crippen LogP contribution in [0.1, 0.15) is 12.0 Å². The summed E-state index contributed by atoms with van der Waals surface area (Å²) in [7, 11) is 0. The highest BCUT2D eigenvalue weighted by Gasteiger charge is 2.06. The maximum atomic E-state index is 11.7. The number of nitriles is 1. The predicted octanol–water partition coefficient (Wildman–Crippen LogP) is 1.78. The summed E-state index contributed by atoms with van der Waals surface area (Å²) in [5, 5.41) is 11.6. The molecule has 0 radical (unpaired) electrons. The lowest BCUT2D eigenvalue weighted by atomic mass is 10.2. The first kappa shape index (κ1) is 11.9. The van der Waals surface area contributed by atoms with E-state index in [-0.39, 0.29) is 5.91 Å². The number of imidazole rings is 1. The molecule has 0 fully saturated rings. The molecule has 0 aliphatic carbocycles. The van der Waals surface area contributed by atoms with Gasteiger partial charge in [-0.15, -0.1) is 0 Å². The van der Waals surface area contributed by atoms with Gasteiger partial charge in [0.2, 0.25) is 5.91 Å². The smallest absolute Gasteiger partial charge is 0.226 e. The number of anilines is 1. The number of para-hydroxylation sites is 1. The van der Waals surface area contributed by atoms with Gasteiger partial charge < -0.3 is 9.88 Å². The van der Waals surface area contributed by atoms with Crippen LogP contribution in [0.3, 0.4) is 0 Å². The van der Waals surface area contributed by atoms with Gasteiger partial charge in [-0.3, -0.25) is 4.79 Å².